The van der Waals surface area contributed by atoms with Gasteiger partial charge in [0.25, 0.3) is 0 Å². The summed E-state index contributed by atoms with van der Waals surface area (Å²) in [4.78, 5) is 25.3. The first-order valence-electron chi connectivity index (χ1n) is 6.78. The fourth-order valence-electron chi connectivity index (χ4n) is 2.13. The number of rotatable bonds is 3. The molecule has 0 radical (unpaired) electrons. The van der Waals surface area contributed by atoms with Crippen LogP contribution < -0.4 is 5.56 Å². The summed E-state index contributed by atoms with van der Waals surface area (Å²) in [6, 6.07) is 15.6. The number of ketones is 1. The average molecular weight is 291 g/mol. The van der Waals surface area contributed by atoms with Crippen LogP contribution in [0.1, 0.15) is 17.3 Å². The molecule has 5 heteroatoms. The lowest BCUT2D eigenvalue weighted by molar-refractivity contribution is 0.101. The van der Waals surface area contributed by atoms with Crippen molar-refractivity contribution in [1.29, 1.82) is 0 Å². The number of benzene rings is 2. The number of nitrogens with one attached hydrogen (secondary N) is 1. The molecule has 22 heavy (non-hydrogen) atoms. The van der Waals surface area contributed by atoms with Gasteiger partial charge < -0.3 is 4.98 Å². The van der Waals surface area contributed by atoms with Gasteiger partial charge in [-0.15, -0.1) is 5.11 Å². The zero-order valence-electron chi connectivity index (χ0n) is 11.9. The molecule has 0 spiro atoms. The first kappa shape index (κ1) is 13.9. The summed E-state index contributed by atoms with van der Waals surface area (Å²) >= 11 is 0. The van der Waals surface area contributed by atoms with Crippen molar-refractivity contribution in [1.82, 2.24) is 4.98 Å². The number of azo groups is 1. The van der Waals surface area contributed by atoms with Crippen LogP contribution in [0.4, 0.5) is 11.4 Å². The van der Waals surface area contributed by atoms with Gasteiger partial charge in [0.1, 0.15) is 0 Å². The van der Waals surface area contributed by atoms with E-state index < -0.39 is 0 Å². The molecule has 2 aromatic carbocycles. The van der Waals surface area contributed by atoms with Crippen LogP contribution in [0.3, 0.4) is 0 Å². The molecule has 0 fully saturated rings. The highest BCUT2D eigenvalue weighted by Gasteiger charge is 2.01. The Kier molecular flexibility index (Phi) is 3.62. The predicted octanol–water partition coefficient (Wildman–Crippen LogP) is 4.15. The molecular formula is C17H13N3O2. The number of nitrogens with zero attached hydrogens (tertiary/aromatic N) is 2. The maximum Gasteiger partial charge on any atom is 0.248 e. The van der Waals surface area contributed by atoms with Crippen LogP contribution in [0.15, 0.2) is 69.6 Å². The number of carbonyl (C=O) groups excluding carboxylic acids is 1. The van der Waals surface area contributed by atoms with Crippen molar-refractivity contribution in [3.63, 3.8) is 0 Å². The maximum absolute atomic E-state index is 11.3. The number of aromatic amines is 1. The average Bonchev–Trinajstić information content (AvgIpc) is 2.52. The Balaban J connectivity index is 1.95. The molecule has 0 saturated carbocycles. The standard InChI is InChI=1S/C17H13N3O2/c1-11(21)12-5-7-13(8-6-12)19-20-16-4-2-3-15-14(16)9-10-17(22)18-15/h2-10H,1H3,(H,18,22). The topological polar surface area (TPSA) is 74.7 Å². The van der Waals surface area contributed by atoms with E-state index in [4.69, 9.17) is 0 Å². The summed E-state index contributed by atoms with van der Waals surface area (Å²) in [5.41, 5.74) is 2.54. The highest BCUT2D eigenvalue weighted by Crippen LogP contribution is 2.25. The monoisotopic (exact) mass is 291 g/mol. The van der Waals surface area contributed by atoms with E-state index in [1.54, 1.807) is 30.3 Å². The van der Waals surface area contributed by atoms with Gasteiger partial charge in [0, 0.05) is 17.0 Å². The number of carbonyl (C=O) groups is 1. The molecule has 0 saturated heterocycles. The third-order valence-electron chi connectivity index (χ3n) is 3.29. The molecule has 0 bridgehead atoms. The van der Waals surface area contributed by atoms with Crippen molar-refractivity contribution in [2.45, 2.75) is 6.92 Å². The number of Topliss-reactive ketones (excluding diaryl/α,β-unsaturated/α-hetero) is 1. The highest BCUT2D eigenvalue weighted by atomic mass is 16.1. The van der Waals surface area contributed by atoms with Crippen LogP contribution in [0.5, 0.6) is 0 Å². The van der Waals surface area contributed by atoms with Crippen molar-refractivity contribution in [2.24, 2.45) is 10.2 Å². The van der Waals surface area contributed by atoms with Gasteiger partial charge in [-0.25, -0.2) is 0 Å². The molecule has 1 aromatic heterocycles. The lowest BCUT2D eigenvalue weighted by Gasteiger charge is -2.00. The summed E-state index contributed by atoms with van der Waals surface area (Å²) in [5, 5.41) is 9.22. The number of H-pyrrole nitrogens is 1. The van der Waals surface area contributed by atoms with Crippen LogP contribution in [-0.4, -0.2) is 10.8 Å². The summed E-state index contributed by atoms with van der Waals surface area (Å²) in [5.74, 6) is 0.0153. The lowest BCUT2D eigenvalue weighted by atomic mass is 10.1. The van der Waals surface area contributed by atoms with Gasteiger partial charge >= 0.3 is 0 Å². The van der Waals surface area contributed by atoms with E-state index in [0.717, 1.165) is 10.9 Å². The minimum Gasteiger partial charge on any atom is -0.322 e. The van der Waals surface area contributed by atoms with Crippen LogP contribution in [-0.2, 0) is 0 Å². The van der Waals surface area contributed by atoms with E-state index in [9.17, 15) is 9.59 Å². The molecule has 1 heterocycles. The Morgan fingerprint density at radius 2 is 1.73 bits per heavy atom. The number of pyridine rings is 1. The number of aromatic nitrogens is 1. The summed E-state index contributed by atoms with van der Waals surface area (Å²) in [6.07, 6.45) is 0. The van der Waals surface area contributed by atoms with E-state index >= 15 is 0 Å². The normalized spacial score (nSPS) is 11.1. The van der Waals surface area contributed by atoms with Gasteiger partial charge in [-0.05, 0) is 49.4 Å². The number of hydrogen-bond acceptors (Lipinski definition) is 4. The smallest absolute Gasteiger partial charge is 0.248 e. The van der Waals surface area contributed by atoms with Crippen LogP contribution >= 0.6 is 0 Å². The molecule has 5 nitrogen and oxygen atoms in total. The Labute approximate surface area is 126 Å². The summed E-state index contributed by atoms with van der Waals surface area (Å²) in [7, 11) is 0. The molecule has 1 N–H and O–H groups in total. The molecule has 0 aliphatic heterocycles. The Morgan fingerprint density at radius 3 is 2.45 bits per heavy atom. The second-order valence-corrected chi connectivity index (χ2v) is 4.86. The molecule has 0 aliphatic carbocycles. The lowest BCUT2D eigenvalue weighted by Crippen LogP contribution is -2.01. The van der Waals surface area contributed by atoms with Gasteiger partial charge in [0.2, 0.25) is 5.56 Å². The number of fused-ring (bicyclic) bond motifs is 1. The van der Waals surface area contributed by atoms with Crippen LogP contribution in [0.2, 0.25) is 0 Å². The minimum atomic E-state index is -0.151. The van der Waals surface area contributed by atoms with Crippen LogP contribution in [0, 0.1) is 0 Å². The van der Waals surface area contributed by atoms with E-state index in [2.05, 4.69) is 15.2 Å². The molecule has 108 valence electrons. The molecule has 3 rings (SSSR count). The quantitative estimate of drug-likeness (QED) is 0.581. The van der Waals surface area contributed by atoms with E-state index in [1.807, 2.05) is 18.2 Å². The van der Waals surface area contributed by atoms with Gasteiger partial charge in [0.05, 0.1) is 16.9 Å². The van der Waals surface area contributed by atoms with Crippen molar-refractivity contribution >= 4 is 28.1 Å². The zero-order chi connectivity index (χ0) is 15.5. The largest absolute Gasteiger partial charge is 0.322 e. The Bertz CT molecular complexity index is 925. The summed E-state index contributed by atoms with van der Waals surface area (Å²) in [6.45, 7) is 1.52. The van der Waals surface area contributed by atoms with Crippen molar-refractivity contribution in [2.75, 3.05) is 0 Å². The summed E-state index contributed by atoms with van der Waals surface area (Å²) < 4.78 is 0. The second-order valence-electron chi connectivity index (χ2n) is 4.86. The fraction of sp³-hybridized carbons (Fsp3) is 0.0588. The van der Waals surface area contributed by atoms with Gasteiger partial charge in [0.15, 0.2) is 5.78 Å². The second kappa shape index (κ2) is 5.73. The SMILES string of the molecule is CC(=O)c1ccc(N=Nc2cccc3[nH]c(=O)ccc23)cc1. The highest BCUT2D eigenvalue weighted by molar-refractivity contribution is 5.94. The van der Waals surface area contributed by atoms with Crippen molar-refractivity contribution in [3.8, 4) is 0 Å². The van der Waals surface area contributed by atoms with Crippen molar-refractivity contribution < 1.29 is 4.79 Å². The van der Waals surface area contributed by atoms with Crippen molar-refractivity contribution in [3.05, 3.63) is 70.5 Å². The molecular weight excluding hydrogens is 278 g/mol. The first-order chi connectivity index (χ1) is 10.6. The first-order valence-corrected chi connectivity index (χ1v) is 6.78. The van der Waals surface area contributed by atoms with E-state index in [0.29, 0.717) is 16.9 Å². The molecule has 0 atom stereocenters. The molecule has 3 aromatic rings. The van der Waals surface area contributed by atoms with Gasteiger partial charge in [-0.1, -0.05) is 6.07 Å². The Morgan fingerprint density at radius 1 is 0.955 bits per heavy atom. The maximum atomic E-state index is 11.3. The fourth-order valence-corrected chi connectivity index (χ4v) is 2.13. The molecule has 0 aliphatic rings. The molecule has 0 amide bonds. The number of hydrogen-bond donors (Lipinski definition) is 1. The van der Waals surface area contributed by atoms with Gasteiger partial charge in [-0.2, -0.15) is 5.11 Å². The Hall–Kier alpha value is -3.08. The van der Waals surface area contributed by atoms with Gasteiger partial charge in [-0.3, -0.25) is 9.59 Å². The van der Waals surface area contributed by atoms with Crippen LogP contribution in [0.25, 0.3) is 10.9 Å². The third-order valence-corrected chi connectivity index (χ3v) is 3.29. The molecule has 0 unspecified atom stereocenters. The predicted molar refractivity (Wildman–Crippen MR) is 85.2 cm³/mol. The third kappa shape index (κ3) is 2.83. The van der Waals surface area contributed by atoms with E-state index in [1.165, 1.54) is 13.0 Å². The van der Waals surface area contributed by atoms with E-state index in [-0.39, 0.29) is 11.3 Å². The minimum absolute atomic E-state index is 0.0153. The zero-order valence-corrected chi connectivity index (χ0v) is 11.9.